The first-order chi connectivity index (χ1) is 43.0. The summed E-state index contributed by atoms with van der Waals surface area (Å²) in [5, 5.41) is 5.06. The van der Waals surface area contributed by atoms with Gasteiger partial charge in [0.25, 0.3) is 0 Å². The number of benzene rings is 10. The third kappa shape index (κ3) is 7.35. The van der Waals surface area contributed by atoms with Crippen LogP contribution in [0.5, 0.6) is 23.0 Å². The van der Waals surface area contributed by atoms with Crippen LogP contribution >= 0.6 is 0 Å². The van der Waals surface area contributed by atoms with Crippen LogP contribution < -0.4 is 82.1 Å². The van der Waals surface area contributed by atoms with E-state index in [1.54, 1.807) is 97.1 Å². The number of hydrogen-bond donors (Lipinski definition) is 0. The normalized spacial score (nSPS) is 19.0. The molecular formula is C66H60O2Si5. The third-order valence-corrected chi connectivity index (χ3v) is 31.7. The van der Waals surface area contributed by atoms with Gasteiger partial charge < -0.3 is 9.47 Å². The molecule has 0 saturated carbocycles. The van der Waals surface area contributed by atoms with Gasteiger partial charge in [-0.1, -0.05) is 292 Å². The van der Waals surface area contributed by atoms with Gasteiger partial charge in [0, 0.05) is 24.7 Å². The molecule has 73 heavy (non-hydrogen) atoms. The molecule has 0 unspecified atom stereocenters. The molecule has 2 nitrogen and oxygen atoms in total. The third-order valence-electron chi connectivity index (χ3n) is 14.9. The molecule has 0 aliphatic carbocycles. The average Bonchev–Trinajstić information content (AvgIpc) is 0.692. The smallest absolute Gasteiger partial charge is 0.183 e. The molecule has 10 aromatic rings. The molecule has 0 atom stereocenters. The van der Waals surface area contributed by atoms with Gasteiger partial charge in [0.05, 0.1) is 0 Å². The number of ether oxygens (including phenoxy) is 2. The Morgan fingerprint density at radius 1 is 0.301 bits per heavy atom. The fourth-order valence-electron chi connectivity index (χ4n) is 11.5. The molecule has 12 rings (SSSR count). The van der Waals surface area contributed by atoms with Gasteiger partial charge in [0.15, 0.2) is 16.1 Å². The first-order valence-corrected chi connectivity index (χ1v) is 34.2. The van der Waals surface area contributed by atoms with Gasteiger partial charge in [0.1, 0.15) is 47.2 Å². The largest absolute Gasteiger partial charge is 0.458 e. The highest BCUT2D eigenvalue weighted by Gasteiger charge is 2.50. The molecule has 0 saturated heterocycles. The molecule has 7 heteroatoms. The van der Waals surface area contributed by atoms with Gasteiger partial charge in [-0.15, -0.1) is 0 Å². The van der Waals surface area contributed by atoms with Crippen LogP contribution in [0.4, 0.5) is 0 Å². The van der Waals surface area contributed by atoms with E-state index >= 15 is 0 Å². The van der Waals surface area contributed by atoms with Gasteiger partial charge in [-0.3, -0.25) is 0 Å². The maximum Gasteiger partial charge on any atom is 0.183 e. The Hall–Kier alpha value is -7.12. The highest BCUT2D eigenvalue weighted by molar-refractivity contribution is 7.22. The van der Waals surface area contributed by atoms with Crippen molar-refractivity contribution >= 4 is 113 Å². The summed E-state index contributed by atoms with van der Waals surface area (Å²) in [6.07, 6.45) is 0. The summed E-state index contributed by atoms with van der Waals surface area (Å²) in [5.74, 6) is 0.293. The van der Waals surface area contributed by atoms with Crippen molar-refractivity contribution < 1.29 is 34.1 Å². The summed E-state index contributed by atoms with van der Waals surface area (Å²) < 4.78 is 185. The molecule has 2 aliphatic heterocycles. The molecule has 0 spiro atoms. The highest BCUT2D eigenvalue weighted by Crippen LogP contribution is 2.31. The molecule has 0 aromatic heterocycles. The first kappa shape index (κ1) is 30.8. The van der Waals surface area contributed by atoms with Gasteiger partial charge in [0.2, 0.25) is 0 Å². The quantitative estimate of drug-likeness (QED) is 0.108. The Morgan fingerprint density at radius 2 is 0.603 bits per heavy atom. The number of rotatable bonds is 10. The zero-order valence-corrected chi connectivity index (χ0v) is 44.6. The molecular weight excluding hydrogens is 965 g/mol. The van der Waals surface area contributed by atoms with E-state index in [9.17, 15) is 24.7 Å². The second-order valence-corrected chi connectivity index (χ2v) is 34.3. The van der Waals surface area contributed by atoms with Gasteiger partial charge >= 0.3 is 0 Å². The Morgan fingerprint density at radius 3 is 0.959 bits per heavy atom. The van der Waals surface area contributed by atoms with Crippen molar-refractivity contribution in [3.8, 4) is 23.0 Å². The predicted molar refractivity (Wildman–Crippen MR) is 323 cm³/mol. The summed E-state index contributed by atoms with van der Waals surface area (Å²) in [5.41, 5.74) is 0. The van der Waals surface area contributed by atoms with Gasteiger partial charge in [-0.25, -0.2) is 0 Å². The van der Waals surface area contributed by atoms with Crippen LogP contribution in [-0.2, 0) is 0 Å². The zero-order chi connectivity index (χ0) is 65.0. The van der Waals surface area contributed by atoms with E-state index in [0.717, 1.165) is 0 Å². The summed E-state index contributed by atoms with van der Waals surface area (Å²) >= 11 is 0. The molecule has 10 aromatic carbocycles. The molecule has 0 fully saturated rings. The zero-order valence-electron chi connectivity index (χ0n) is 57.6. The lowest BCUT2D eigenvalue weighted by Gasteiger charge is -2.40. The van der Waals surface area contributed by atoms with E-state index in [2.05, 4.69) is 0 Å². The van der Waals surface area contributed by atoms with Crippen LogP contribution in [0.15, 0.2) is 255 Å². The van der Waals surface area contributed by atoms with Crippen molar-refractivity contribution in [3.63, 3.8) is 0 Å². The first-order valence-electron chi connectivity index (χ1n) is 33.2. The maximum atomic E-state index is 9.93. The summed E-state index contributed by atoms with van der Waals surface area (Å²) in [6, 6.07) is 73.9. The molecule has 0 radical (unpaired) electrons. The number of para-hydroxylation sites is 4. The Kier molecular flexibility index (Phi) is 7.65. The van der Waals surface area contributed by atoms with Crippen LogP contribution in [0.3, 0.4) is 0 Å². The van der Waals surface area contributed by atoms with Crippen molar-refractivity contribution in [1.29, 1.82) is 0 Å². The minimum atomic E-state index is -5.38. The SMILES string of the molecule is [2H]C([2H])([2H])[Si](c1cccc([Si](c2ccccc2)(c2ccccc2)c2cccc3c2Oc2ccccc2[Si]3(C([2H])([2H])[2H])C([2H])([2H])[2H])c1)(c1cccc([Si](c2ccccc2)(c2ccccc2)c2cccc3c2Oc2ccccc2[Si]3(C([2H])([2H])[2H])C([2H])([2H])[2H])c1)C([2H])([2H])[2H]. The fraction of sp³-hybridized carbons (Fsp3) is 0.0909. The van der Waals surface area contributed by atoms with Crippen LogP contribution in [0, 0.1) is 0 Å². The Bertz CT molecular complexity index is 3980. The lowest BCUT2D eigenvalue weighted by atomic mass is 10.3. The number of fused-ring (bicyclic) bond motifs is 4. The Labute approximate surface area is 462 Å². The van der Waals surface area contributed by atoms with Crippen LogP contribution in [0.2, 0.25) is 38.9 Å². The van der Waals surface area contributed by atoms with Crippen molar-refractivity contribution in [2.45, 2.75) is 38.9 Å². The molecule has 0 N–H and O–H groups in total. The molecule has 2 aliphatic rings. The monoisotopic (exact) mass is 1040 g/mol. The van der Waals surface area contributed by atoms with E-state index in [-0.39, 0.29) is 54.1 Å². The fourth-order valence-corrected chi connectivity index (χ4v) is 27.7. The minimum Gasteiger partial charge on any atom is -0.458 e. The highest BCUT2D eigenvalue weighted by atomic mass is 28.3. The van der Waals surface area contributed by atoms with E-state index in [4.69, 9.17) is 9.47 Å². The lowest BCUT2D eigenvalue weighted by Crippen LogP contribution is -2.76. The second-order valence-electron chi connectivity index (χ2n) is 18.9. The second kappa shape index (κ2) is 18.1. The Balaban J connectivity index is 1.19. The van der Waals surface area contributed by atoms with Crippen molar-refractivity contribution in [2.75, 3.05) is 0 Å². The van der Waals surface area contributed by atoms with Crippen molar-refractivity contribution in [3.05, 3.63) is 255 Å². The summed E-state index contributed by atoms with van der Waals surface area (Å²) in [6.45, 7) is -18.7. The standard InChI is InChI=1S/C66H60O2Si5/c1-69(2,53-35-23-37-55(47-53)72(49-27-11-7-12-28-49,50-29-13-8-14-30-50)63-45-25-43-61-65(63)67-57-39-19-21-41-59(57)70(61,3)4)54-36-24-38-56(48-54)73(51-31-15-9-16-32-51,52-33-17-10-18-34-52)64-46-26-44-62-66(64)68-58-40-20-22-42-60(58)71(62,5)6/h7-48H,1-6H3/i1D3,2D3,3D3,4D3,5D3,6D3. The van der Waals surface area contributed by atoms with E-state index in [1.807, 2.05) is 146 Å². The lowest BCUT2D eigenvalue weighted by molar-refractivity contribution is 0.490. The van der Waals surface area contributed by atoms with Crippen LogP contribution in [0.1, 0.15) is 24.7 Å². The van der Waals surface area contributed by atoms with Crippen LogP contribution in [0.25, 0.3) is 0 Å². The van der Waals surface area contributed by atoms with E-state index in [1.165, 1.54) is 12.1 Å². The van der Waals surface area contributed by atoms with Crippen molar-refractivity contribution in [2.24, 2.45) is 0 Å². The number of hydrogen-bond acceptors (Lipinski definition) is 2. The molecule has 0 bridgehead atoms. The van der Waals surface area contributed by atoms with E-state index < -0.39 is 79.2 Å². The summed E-state index contributed by atoms with van der Waals surface area (Å²) in [7, 11) is -23.5. The van der Waals surface area contributed by atoms with Gasteiger partial charge in [-0.2, -0.15) is 0 Å². The average molecular weight is 1040 g/mol. The predicted octanol–water partition coefficient (Wildman–Crippen LogP) is 7.12. The topological polar surface area (TPSA) is 18.5 Å². The summed E-state index contributed by atoms with van der Waals surface area (Å²) in [4.78, 5) is 0. The minimum absolute atomic E-state index is 0.0190. The van der Waals surface area contributed by atoms with Gasteiger partial charge in [-0.05, 0) is 74.4 Å². The van der Waals surface area contributed by atoms with Crippen LogP contribution in [-0.4, -0.2) is 40.4 Å². The van der Waals surface area contributed by atoms with Crippen molar-refractivity contribution in [1.82, 2.24) is 0 Å². The molecule has 356 valence electrons. The van der Waals surface area contributed by atoms with E-state index in [0.29, 0.717) is 41.5 Å². The maximum absolute atomic E-state index is 9.93. The molecule has 0 amide bonds. The molecule has 2 heterocycles.